The Morgan fingerprint density at radius 2 is 2.11 bits per heavy atom. The van der Waals surface area contributed by atoms with Crippen LogP contribution in [0.5, 0.6) is 0 Å². The molecule has 0 aromatic carbocycles. The summed E-state index contributed by atoms with van der Waals surface area (Å²) in [5, 5.41) is 13.7. The fourth-order valence-corrected chi connectivity index (χ4v) is 2.55. The largest absolute Gasteiger partial charge is 0.481 e. The summed E-state index contributed by atoms with van der Waals surface area (Å²) in [7, 11) is 0. The zero-order valence-corrected chi connectivity index (χ0v) is 11.2. The van der Waals surface area contributed by atoms with Crippen molar-refractivity contribution in [3.8, 4) is 0 Å². The van der Waals surface area contributed by atoms with Gasteiger partial charge in [0.1, 0.15) is 0 Å². The molecule has 1 aromatic heterocycles. The third-order valence-electron chi connectivity index (χ3n) is 3.81. The standard InChI is InChI=1S/C14H22N2O2/c1-14(2,13(17)18)10-11-8-9-16(15-11)12-6-4-3-5-7-12/h8-9,12H,3-7,10H2,1-2H3,(H,17,18). The molecule has 0 spiro atoms. The molecule has 4 heteroatoms. The maximum Gasteiger partial charge on any atom is 0.309 e. The number of rotatable bonds is 4. The highest BCUT2D eigenvalue weighted by Crippen LogP contribution is 2.28. The molecule has 0 unspecified atom stereocenters. The van der Waals surface area contributed by atoms with E-state index in [-0.39, 0.29) is 0 Å². The topological polar surface area (TPSA) is 55.1 Å². The van der Waals surface area contributed by atoms with Crippen molar-refractivity contribution in [2.45, 2.75) is 58.4 Å². The average molecular weight is 250 g/mol. The van der Waals surface area contributed by atoms with Gasteiger partial charge in [0.25, 0.3) is 0 Å². The van der Waals surface area contributed by atoms with Crippen LogP contribution < -0.4 is 0 Å². The first-order valence-corrected chi connectivity index (χ1v) is 6.76. The van der Waals surface area contributed by atoms with Gasteiger partial charge in [0.05, 0.1) is 17.2 Å². The average Bonchev–Trinajstić information content (AvgIpc) is 2.78. The zero-order valence-electron chi connectivity index (χ0n) is 11.2. The van der Waals surface area contributed by atoms with Crippen molar-refractivity contribution in [3.05, 3.63) is 18.0 Å². The number of carboxylic acid groups (broad SMARTS) is 1. The Morgan fingerprint density at radius 3 is 2.72 bits per heavy atom. The predicted octanol–water partition coefficient (Wildman–Crippen LogP) is 3.04. The van der Waals surface area contributed by atoms with E-state index in [1.54, 1.807) is 13.8 Å². The van der Waals surface area contributed by atoms with Gasteiger partial charge in [-0.15, -0.1) is 0 Å². The molecule has 1 heterocycles. The summed E-state index contributed by atoms with van der Waals surface area (Å²) >= 11 is 0. The van der Waals surface area contributed by atoms with Crippen molar-refractivity contribution in [2.75, 3.05) is 0 Å². The third kappa shape index (κ3) is 2.92. The van der Waals surface area contributed by atoms with E-state index in [9.17, 15) is 4.79 Å². The summed E-state index contributed by atoms with van der Waals surface area (Å²) in [5.41, 5.74) is 0.138. The Balaban J connectivity index is 2.03. The molecule has 0 aliphatic heterocycles. The summed E-state index contributed by atoms with van der Waals surface area (Å²) in [5.74, 6) is -0.769. The summed E-state index contributed by atoms with van der Waals surface area (Å²) in [4.78, 5) is 11.1. The van der Waals surface area contributed by atoms with Crippen molar-refractivity contribution in [1.82, 2.24) is 9.78 Å². The highest BCUT2D eigenvalue weighted by atomic mass is 16.4. The number of aliphatic carboxylic acids is 1. The minimum Gasteiger partial charge on any atom is -0.481 e. The van der Waals surface area contributed by atoms with Gasteiger partial charge in [0.15, 0.2) is 0 Å². The Labute approximate surface area is 108 Å². The van der Waals surface area contributed by atoms with Gasteiger partial charge in [-0.1, -0.05) is 19.3 Å². The van der Waals surface area contributed by atoms with Crippen LogP contribution in [0, 0.1) is 5.41 Å². The fraction of sp³-hybridized carbons (Fsp3) is 0.714. The van der Waals surface area contributed by atoms with Gasteiger partial charge < -0.3 is 5.11 Å². The Hall–Kier alpha value is -1.32. The monoisotopic (exact) mass is 250 g/mol. The molecule has 18 heavy (non-hydrogen) atoms. The fourth-order valence-electron chi connectivity index (χ4n) is 2.55. The molecule has 1 aliphatic rings. The quantitative estimate of drug-likeness (QED) is 0.893. The molecule has 1 aromatic rings. The van der Waals surface area contributed by atoms with Gasteiger partial charge in [0.2, 0.25) is 0 Å². The van der Waals surface area contributed by atoms with Crippen LogP contribution in [-0.2, 0) is 11.2 Å². The number of nitrogens with zero attached hydrogens (tertiary/aromatic N) is 2. The van der Waals surface area contributed by atoms with Gasteiger partial charge >= 0.3 is 5.97 Å². The lowest BCUT2D eigenvalue weighted by Gasteiger charge is -2.22. The van der Waals surface area contributed by atoms with Gasteiger partial charge in [-0.3, -0.25) is 9.48 Å². The lowest BCUT2D eigenvalue weighted by atomic mass is 9.88. The van der Waals surface area contributed by atoms with E-state index >= 15 is 0 Å². The van der Waals surface area contributed by atoms with E-state index in [2.05, 4.69) is 5.10 Å². The number of carbonyl (C=O) groups is 1. The number of carboxylic acids is 1. The minimum atomic E-state index is -0.769. The molecule has 0 saturated heterocycles. The van der Waals surface area contributed by atoms with Gasteiger partial charge in [-0.25, -0.2) is 0 Å². The van der Waals surface area contributed by atoms with Gasteiger partial charge in [-0.2, -0.15) is 5.10 Å². The highest BCUT2D eigenvalue weighted by molar-refractivity contribution is 5.73. The predicted molar refractivity (Wildman–Crippen MR) is 69.5 cm³/mol. The zero-order chi connectivity index (χ0) is 13.2. The first-order chi connectivity index (χ1) is 8.49. The summed E-state index contributed by atoms with van der Waals surface area (Å²) < 4.78 is 2.03. The van der Waals surface area contributed by atoms with Crippen molar-refractivity contribution < 1.29 is 9.90 Å². The molecule has 0 amide bonds. The molecule has 1 aliphatic carbocycles. The van der Waals surface area contributed by atoms with Crippen LogP contribution in [0.25, 0.3) is 0 Å². The molecule has 1 saturated carbocycles. The van der Waals surface area contributed by atoms with E-state index in [1.165, 1.54) is 32.1 Å². The summed E-state index contributed by atoms with van der Waals surface area (Å²) in [6, 6.07) is 2.47. The van der Waals surface area contributed by atoms with Crippen LogP contribution in [-0.4, -0.2) is 20.9 Å². The van der Waals surface area contributed by atoms with E-state index in [1.807, 2.05) is 16.9 Å². The molecule has 0 bridgehead atoms. The van der Waals surface area contributed by atoms with Gasteiger partial charge in [-0.05, 0) is 32.8 Å². The van der Waals surface area contributed by atoms with Crippen LogP contribution in [0.15, 0.2) is 12.3 Å². The van der Waals surface area contributed by atoms with E-state index < -0.39 is 11.4 Å². The lowest BCUT2D eigenvalue weighted by molar-refractivity contribution is -0.146. The Bertz CT molecular complexity index is 417. The smallest absolute Gasteiger partial charge is 0.309 e. The number of hydrogen-bond acceptors (Lipinski definition) is 2. The van der Waals surface area contributed by atoms with Crippen LogP contribution in [0.2, 0.25) is 0 Å². The molecule has 100 valence electrons. The van der Waals surface area contributed by atoms with Crippen molar-refractivity contribution in [2.24, 2.45) is 5.41 Å². The lowest BCUT2D eigenvalue weighted by Crippen LogP contribution is -2.26. The first-order valence-electron chi connectivity index (χ1n) is 6.76. The molecular weight excluding hydrogens is 228 g/mol. The third-order valence-corrected chi connectivity index (χ3v) is 3.81. The Kier molecular flexibility index (Phi) is 3.73. The second-order valence-corrected chi connectivity index (χ2v) is 5.94. The molecule has 4 nitrogen and oxygen atoms in total. The second kappa shape index (κ2) is 5.12. The summed E-state index contributed by atoms with van der Waals surface area (Å²) in [6.07, 6.45) is 8.77. The number of hydrogen-bond donors (Lipinski definition) is 1. The van der Waals surface area contributed by atoms with E-state index in [4.69, 9.17) is 5.11 Å². The maximum atomic E-state index is 11.1. The number of aromatic nitrogens is 2. The molecule has 0 radical (unpaired) electrons. The molecule has 1 fully saturated rings. The van der Waals surface area contributed by atoms with Crippen molar-refractivity contribution in [3.63, 3.8) is 0 Å². The highest BCUT2D eigenvalue weighted by Gasteiger charge is 2.28. The SMILES string of the molecule is CC(C)(Cc1ccn(C2CCCCC2)n1)C(=O)O. The van der Waals surface area contributed by atoms with E-state index in [0.717, 1.165) is 5.69 Å². The first kappa shape index (κ1) is 13.1. The molecule has 0 atom stereocenters. The Morgan fingerprint density at radius 1 is 1.44 bits per heavy atom. The van der Waals surface area contributed by atoms with E-state index in [0.29, 0.717) is 12.5 Å². The van der Waals surface area contributed by atoms with Crippen LogP contribution in [0.4, 0.5) is 0 Å². The van der Waals surface area contributed by atoms with Crippen molar-refractivity contribution >= 4 is 5.97 Å². The molecule has 1 N–H and O–H groups in total. The van der Waals surface area contributed by atoms with Crippen molar-refractivity contribution in [1.29, 1.82) is 0 Å². The normalized spacial score (nSPS) is 17.9. The summed E-state index contributed by atoms with van der Waals surface area (Å²) in [6.45, 7) is 3.49. The second-order valence-electron chi connectivity index (χ2n) is 5.94. The molecular formula is C14H22N2O2. The maximum absolute atomic E-state index is 11.1. The van der Waals surface area contributed by atoms with Crippen LogP contribution >= 0.6 is 0 Å². The van der Waals surface area contributed by atoms with Crippen LogP contribution in [0.3, 0.4) is 0 Å². The van der Waals surface area contributed by atoms with Crippen LogP contribution in [0.1, 0.15) is 57.7 Å². The molecule has 2 rings (SSSR count). The minimum absolute atomic E-state index is 0.488. The van der Waals surface area contributed by atoms with Gasteiger partial charge in [0, 0.05) is 12.6 Å².